The van der Waals surface area contributed by atoms with Gasteiger partial charge < -0.3 is 10.0 Å². The summed E-state index contributed by atoms with van der Waals surface area (Å²) in [5, 5.41) is 11.4. The zero-order chi connectivity index (χ0) is 14.1. The van der Waals surface area contributed by atoms with Gasteiger partial charge >= 0.3 is 0 Å². The van der Waals surface area contributed by atoms with Gasteiger partial charge in [-0.15, -0.1) is 0 Å². The molecule has 2 fully saturated rings. The highest BCUT2D eigenvalue weighted by molar-refractivity contribution is 6.00. The van der Waals surface area contributed by atoms with Gasteiger partial charge in [0.15, 0.2) is 0 Å². The first-order valence-corrected chi connectivity index (χ1v) is 6.97. The number of piperidine rings is 1. The fraction of sp³-hybridized carbons (Fsp3) is 0.467. The average molecular weight is 274 g/mol. The minimum Gasteiger partial charge on any atom is -0.396 e. The van der Waals surface area contributed by atoms with Crippen LogP contribution in [0.25, 0.3) is 0 Å². The smallest absolute Gasteiger partial charge is 0.234 e. The molecular formula is C15H18N2O3. The zero-order valence-electron chi connectivity index (χ0n) is 11.2. The summed E-state index contributed by atoms with van der Waals surface area (Å²) in [6, 6.07) is 7.93. The van der Waals surface area contributed by atoms with E-state index < -0.39 is 0 Å². The van der Waals surface area contributed by atoms with Gasteiger partial charge in [0.1, 0.15) is 0 Å². The third kappa shape index (κ3) is 2.41. The van der Waals surface area contributed by atoms with E-state index in [4.69, 9.17) is 5.11 Å². The Kier molecular flexibility index (Phi) is 3.44. The van der Waals surface area contributed by atoms with Crippen molar-refractivity contribution >= 4 is 17.5 Å². The van der Waals surface area contributed by atoms with Gasteiger partial charge in [-0.2, -0.15) is 0 Å². The minimum absolute atomic E-state index is 0.182. The van der Waals surface area contributed by atoms with Gasteiger partial charge in [-0.3, -0.25) is 14.9 Å². The van der Waals surface area contributed by atoms with E-state index >= 15 is 0 Å². The molecule has 0 spiro atoms. The standard InChI is InChI=1S/C15H18N2O3/c18-9-10-7-17(8-10)12-3-1-11(2-4-12)13-5-6-14(19)16-15(13)20/h1-4,10,13,18H,5-9H2,(H,16,19,20). The Bertz CT molecular complexity index is 520. The van der Waals surface area contributed by atoms with Crippen LogP contribution in [-0.2, 0) is 9.59 Å². The number of rotatable bonds is 3. The highest BCUT2D eigenvalue weighted by Crippen LogP contribution is 2.29. The molecule has 2 heterocycles. The number of benzene rings is 1. The second-order valence-electron chi connectivity index (χ2n) is 5.55. The number of nitrogens with zero attached hydrogens (tertiary/aromatic N) is 1. The number of nitrogens with one attached hydrogen (secondary N) is 1. The quantitative estimate of drug-likeness (QED) is 0.793. The van der Waals surface area contributed by atoms with Crippen LogP contribution in [0, 0.1) is 5.92 Å². The Morgan fingerprint density at radius 2 is 1.90 bits per heavy atom. The number of anilines is 1. The Labute approximate surface area is 117 Å². The SMILES string of the molecule is O=C1CCC(c2ccc(N3CC(CO)C3)cc2)C(=O)N1. The van der Waals surface area contributed by atoms with Crippen LogP contribution in [0.4, 0.5) is 5.69 Å². The van der Waals surface area contributed by atoms with E-state index in [0.29, 0.717) is 18.8 Å². The number of hydrogen-bond acceptors (Lipinski definition) is 4. The maximum atomic E-state index is 11.8. The first-order valence-electron chi connectivity index (χ1n) is 6.97. The lowest BCUT2D eigenvalue weighted by molar-refractivity contribution is -0.134. The lowest BCUT2D eigenvalue weighted by Crippen LogP contribution is -2.48. The fourth-order valence-electron chi connectivity index (χ4n) is 2.83. The van der Waals surface area contributed by atoms with Crippen molar-refractivity contribution in [3.8, 4) is 0 Å². The molecule has 1 atom stereocenters. The predicted octanol–water partition coefficient (Wildman–Crippen LogP) is 0.635. The lowest BCUT2D eigenvalue weighted by atomic mass is 9.90. The largest absolute Gasteiger partial charge is 0.396 e. The third-order valence-corrected chi connectivity index (χ3v) is 4.12. The van der Waals surface area contributed by atoms with Crippen LogP contribution in [-0.4, -0.2) is 36.6 Å². The Morgan fingerprint density at radius 3 is 2.50 bits per heavy atom. The van der Waals surface area contributed by atoms with E-state index in [2.05, 4.69) is 10.2 Å². The molecule has 0 radical (unpaired) electrons. The summed E-state index contributed by atoms with van der Waals surface area (Å²) in [6.45, 7) is 2.01. The van der Waals surface area contributed by atoms with E-state index in [0.717, 1.165) is 24.3 Å². The molecule has 0 aliphatic carbocycles. The van der Waals surface area contributed by atoms with E-state index in [1.807, 2.05) is 24.3 Å². The molecule has 2 N–H and O–H groups in total. The highest BCUT2D eigenvalue weighted by Gasteiger charge is 2.29. The van der Waals surface area contributed by atoms with Crippen molar-refractivity contribution < 1.29 is 14.7 Å². The first kappa shape index (κ1) is 13.1. The molecule has 5 nitrogen and oxygen atoms in total. The molecule has 1 aromatic rings. The molecule has 2 aliphatic heterocycles. The van der Waals surface area contributed by atoms with Crippen LogP contribution < -0.4 is 10.2 Å². The second kappa shape index (κ2) is 5.25. The number of imide groups is 1. The Hall–Kier alpha value is -1.88. The van der Waals surface area contributed by atoms with Crippen LogP contribution in [0.5, 0.6) is 0 Å². The predicted molar refractivity (Wildman–Crippen MR) is 74.4 cm³/mol. The molecule has 0 bridgehead atoms. The summed E-state index contributed by atoms with van der Waals surface area (Å²) in [5.74, 6) is -0.218. The molecule has 0 saturated carbocycles. The molecule has 106 valence electrons. The molecule has 2 amide bonds. The normalized spacial score (nSPS) is 23.4. The summed E-state index contributed by atoms with van der Waals surface area (Å²) in [5.41, 5.74) is 2.07. The van der Waals surface area contributed by atoms with Gasteiger partial charge in [-0.1, -0.05) is 12.1 Å². The van der Waals surface area contributed by atoms with Crippen LogP contribution in [0.3, 0.4) is 0 Å². The summed E-state index contributed by atoms with van der Waals surface area (Å²) >= 11 is 0. The summed E-state index contributed by atoms with van der Waals surface area (Å²) in [4.78, 5) is 25.1. The number of aliphatic hydroxyl groups is 1. The zero-order valence-corrected chi connectivity index (χ0v) is 11.2. The lowest BCUT2D eigenvalue weighted by Gasteiger charge is -2.40. The van der Waals surface area contributed by atoms with Crippen LogP contribution in [0.2, 0.25) is 0 Å². The summed E-state index contributed by atoms with van der Waals surface area (Å²) < 4.78 is 0. The minimum atomic E-state index is -0.219. The number of aliphatic hydroxyl groups excluding tert-OH is 1. The first-order chi connectivity index (χ1) is 9.67. The van der Waals surface area contributed by atoms with E-state index in [1.54, 1.807) is 0 Å². The molecule has 1 unspecified atom stereocenters. The van der Waals surface area contributed by atoms with Crippen molar-refractivity contribution in [1.29, 1.82) is 0 Å². The van der Waals surface area contributed by atoms with E-state index in [1.165, 1.54) is 0 Å². The molecule has 0 aromatic heterocycles. The maximum absolute atomic E-state index is 11.8. The summed E-state index contributed by atoms with van der Waals surface area (Å²) in [7, 11) is 0. The molecule has 20 heavy (non-hydrogen) atoms. The van der Waals surface area contributed by atoms with Crippen molar-refractivity contribution in [3.05, 3.63) is 29.8 Å². The van der Waals surface area contributed by atoms with Crippen LogP contribution in [0.1, 0.15) is 24.3 Å². The van der Waals surface area contributed by atoms with E-state index in [-0.39, 0.29) is 24.3 Å². The summed E-state index contributed by atoms with van der Waals surface area (Å²) in [6.07, 6.45) is 0.989. The number of hydrogen-bond donors (Lipinski definition) is 2. The van der Waals surface area contributed by atoms with Gasteiger partial charge in [0.05, 0.1) is 5.92 Å². The highest BCUT2D eigenvalue weighted by atomic mass is 16.3. The topological polar surface area (TPSA) is 69.6 Å². The van der Waals surface area contributed by atoms with Crippen molar-refractivity contribution in [3.63, 3.8) is 0 Å². The van der Waals surface area contributed by atoms with Crippen LogP contribution in [0.15, 0.2) is 24.3 Å². The molecular weight excluding hydrogens is 256 g/mol. The van der Waals surface area contributed by atoms with Gasteiger partial charge in [0.2, 0.25) is 11.8 Å². The van der Waals surface area contributed by atoms with Crippen molar-refractivity contribution in [2.45, 2.75) is 18.8 Å². The Morgan fingerprint density at radius 1 is 1.20 bits per heavy atom. The molecule has 2 aliphatic rings. The number of amides is 2. The van der Waals surface area contributed by atoms with Crippen molar-refractivity contribution in [2.24, 2.45) is 5.92 Å². The van der Waals surface area contributed by atoms with Gasteiger partial charge in [-0.05, 0) is 24.1 Å². The molecule has 1 aromatic carbocycles. The van der Waals surface area contributed by atoms with Crippen LogP contribution >= 0.6 is 0 Å². The van der Waals surface area contributed by atoms with Gasteiger partial charge in [0, 0.05) is 37.7 Å². The van der Waals surface area contributed by atoms with Crippen molar-refractivity contribution in [2.75, 3.05) is 24.6 Å². The maximum Gasteiger partial charge on any atom is 0.234 e. The third-order valence-electron chi connectivity index (χ3n) is 4.12. The molecule has 2 saturated heterocycles. The number of carbonyl (C=O) groups is 2. The second-order valence-corrected chi connectivity index (χ2v) is 5.55. The monoisotopic (exact) mass is 274 g/mol. The molecule has 5 heteroatoms. The van der Waals surface area contributed by atoms with E-state index in [9.17, 15) is 9.59 Å². The number of carbonyl (C=O) groups excluding carboxylic acids is 2. The molecule has 3 rings (SSSR count). The Balaban J connectivity index is 1.67. The fourth-order valence-corrected chi connectivity index (χ4v) is 2.83. The van der Waals surface area contributed by atoms with Crippen molar-refractivity contribution in [1.82, 2.24) is 5.32 Å². The average Bonchev–Trinajstić information content (AvgIpc) is 2.39. The van der Waals surface area contributed by atoms with Gasteiger partial charge in [-0.25, -0.2) is 0 Å². The van der Waals surface area contributed by atoms with Gasteiger partial charge in [0.25, 0.3) is 0 Å².